The number of rotatable bonds is 7. The van der Waals surface area contributed by atoms with Crippen molar-refractivity contribution >= 4 is 5.96 Å². The van der Waals surface area contributed by atoms with Gasteiger partial charge in [-0.15, -0.1) is 0 Å². The van der Waals surface area contributed by atoms with Crippen LogP contribution in [-0.2, 0) is 20.4 Å². The zero-order valence-electron chi connectivity index (χ0n) is 18.0. The highest BCUT2D eigenvalue weighted by Crippen LogP contribution is 2.32. The number of ether oxygens (including phenoxy) is 3. The molecule has 2 heterocycles. The van der Waals surface area contributed by atoms with E-state index in [0.717, 1.165) is 44.5 Å². The van der Waals surface area contributed by atoms with Crippen LogP contribution in [0.2, 0.25) is 0 Å². The van der Waals surface area contributed by atoms with Gasteiger partial charge in [-0.3, -0.25) is 4.99 Å². The van der Waals surface area contributed by atoms with E-state index in [0.29, 0.717) is 45.0 Å². The summed E-state index contributed by atoms with van der Waals surface area (Å²) in [6, 6.07) is 5.36. The number of nitrogens with zero attached hydrogens (tertiary/aromatic N) is 2. The molecule has 0 aromatic heterocycles. The van der Waals surface area contributed by atoms with E-state index in [1.807, 2.05) is 6.92 Å². The molecule has 3 rings (SSSR count). The minimum atomic E-state index is -4.37. The summed E-state index contributed by atoms with van der Waals surface area (Å²) in [6.07, 6.45) is -1.83. The van der Waals surface area contributed by atoms with Gasteiger partial charge in [-0.25, -0.2) is 0 Å². The lowest BCUT2D eigenvalue weighted by atomic mass is 10.0. The number of nitrogens with one attached hydrogen (secondary N) is 1. The maximum Gasteiger partial charge on any atom is 0.416 e. The molecule has 0 amide bonds. The molecule has 2 saturated heterocycles. The molecule has 1 N–H and O–H groups in total. The van der Waals surface area contributed by atoms with E-state index >= 15 is 0 Å². The second-order valence-corrected chi connectivity index (χ2v) is 7.70. The van der Waals surface area contributed by atoms with Gasteiger partial charge in [-0.1, -0.05) is 12.1 Å². The molecule has 0 radical (unpaired) electrons. The van der Waals surface area contributed by atoms with Crippen molar-refractivity contribution in [2.45, 2.75) is 44.6 Å². The van der Waals surface area contributed by atoms with Crippen LogP contribution in [0.15, 0.2) is 29.3 Å². The van der Waals surface area contributed by atoms with Crippen LogP contribution in [0.25, 0.3) is 0 Å². The van der Waals surface area contributed by atoms with Gasteiger partial charge in [-0.2, -0.15) is 13.2 Å². The molecule has 1 unspecified atom stereocenters. The van der Waals surface area contributed by atoms with Gasteiger partial charge in [0.15, 0.2) is 5.96 Å². The van der Waals surface area contributed by atoms with Gasteiger partial charge in [0.2, 0.25) is 0 Å². The average molecular weight is 444 g/mol. The molecule has 2 fully saturated rings. The molecule has 0 spiro atoms. The summed E-state index contributed by atoms with van der Waals surface area (Å²) in [4.78, 5) is 6.75. The van der Waals surface area contributed by atoms with Gasteiger partial charge in [0.25, 0.3) is 0 Å². The highest BCUT2D eigenvalue weighted by molar-refractivity contribution is 5.80. The number of aliphatic imine (C=N–C) groups is 1. The summed E-state index contributed by atoms with van der Waals surface area (Å²) >= 11 is 0. The number of hydrogen-bond donors (Lipinski definition) is 1. The molecule has 0 saturated carbocycles. The van der Waals surface area contributed by atoms with Crippen LogP contribution in [0.5, 0.6) is 0 Å². The van der Waals surface area contributed by atoms with Gasteiger partial charge >= 0.3 is 6.18 Å². The molecule has 0 bridgehead atoms. The first-order chi connectivity index (χ1) is 15.0. The molecule has 1 aromatic carbocycles. The maximum atomic E-state index is 13.1. The van der Waals surface area contributed by atoms with Crippen LogP contribution in [0.3, 0.4) is 0 Å². The number of morpholine rings is 1. The van der Waals surface area contributed by atoms with Crippen molar-refractivity contribution in [3.8, 4) is 0 Å². The fraction of sp³-hybridized carbons (Fsp3) is 0.682. The van der Waals surface area contributed by atoms with Crippen molar-refractivity contribution in [2.75, 3.05) is 52.6 Å². The fourth-order valence-electron chi connectivity index (χ4n) is 3.73. The Kier molecular flexibility index (Phi) is 8.98. The number of benzene rings is 1. The molecule has 0 aliphatic carbocycles. The Morgan fingerprint density at radius 1 is 1.26 bits per heavy atom. The molecule has 2 aliphatic heterocycles. The Bertz CT molecular complexity index is 709. The third kappa shape index (κ3) is 7.36. The molecule has 174 valence electrons. The monoisotopic (exact) mass is 443 g/mol. The van der Waals surface area contributed by atoms with Crippen molar-refractivity contribution in [3.63, 3.8) is 0 Å². The predicted molar refractivity (Wildman–Crippen MR) is 112 cm³/mol. The third-order valence-corrected chi connectivity index (χ3v) is 5.37. The van der Waals surface area contributed by atoms with Crippen LogP contribution in [0.1, 0.15) is 43.4 Å². The summed E-state index contributed by atoms with van der Waals surface area (Å²) in [5.74, 6) is 0.758. The van der Waals surface area contributed by atoms with Crippen molar-refractivity contribution < 1.29 is 27.4 Å². The topological polar surface area (TPSA) is 55.3 Å². The van der Waals surface area contributed by atoms with E-state index in [-0.39, 0.29) is 6.10 Å². The molecule has 6 nitrogen and oxygen atoms in total. The third-order valence-electron chi connectivity index (χ3n) is 5.37. The van der Waals surface area contributed by atoms with E-state index in [9.17, 15) is 13.2 Å². The van der Waals surface area contributed by atoms with Gasteiger partial charge < -0.3 is 24.4 Å². The molecular weight excluding hydrogens is 411 g/mol. The van der Waals surface area contributed by atoms with Gasteiger partial charge in [0, 0.05) is 39.5 Å². The predicted octanol–water partition coefficient (Wildman–Crippen LogP) is 3.63. The standard InChI is InChI=1S/C22H32F3N3O3/c1-2-26-21(27-9-4-11-30-19-7-12-29-13-8-19)28-10-14-31-20(16-28)17-5-3-6-18(15-17)22(23,24)25/h3,5-6,15,19-20H,2,4,7-14,16H2,1H3,(H,26,27). The number of halogens is 3. The van der Waals surface area contributed by atoms with E-state index in [2.05, 4.69) is 10.2 Å². The lowest BCUT2D eigenvalue weighted by Crippen LogP contribution is -2.48. The highest BCUT2D eigenvalue weighted by atomic mass is 19.4. The molecule has 31 heavy (non-hydrogen) atoms. The van der Waals surface area contributed by atoms with Crippen molar-refractivity contribution in [1.82, 2.24) is 10.2 Å². The minimum absolute atomic E-state index is 0.276. The lowest BCUT2D eigenvalue weighted by Gasteiger charge is -2.35. The minimum Gasteiger partial charge on any atom is -0.381 e. The van der Waals surface area contributed by atoms with Crippen LogP contribution in [0, 0.1) is 0 Å². The highest BCUT2D eigenvalue weighted by Gasteiger charge is 2.32. The first-order valence-electron chi connectivity index (χ1n) is 11.0. The second kappa shape index (κ2) is 11.7. The second-order valence-electron chi connectivity index (χ2n) is 7.70. The Hall–Kier alpha value is -1.84. The lowest BCUT2D eigenvalue weighted by molar-refractivity contribution is -0.137. The van der Waals surface area contributed by atoms with Gasteiger partial charge in [-0.05, 0) is 43.9 Å². The number of hydrogen-bond acceptors (Lipinski definition) is 4. The zero-order valence-corrected chi connectivity index (χ0v) is 18.0. The van der Waals surface area contributed by atoms with Crippen LogP contribution in [-0.4, -0.2) is 69.6 Å². The van der Waals surface area contributed by atoms with Gasteiger partial charge in [0.1, 0.15) is 6.10 Å². The van der Waals surface area contributed by atoms with E-state index < -0.39 is 17.8 Å². The summed E-state index contributed by atoms with van der Waals surface area (Å²) < 4.78 is 56.2. The molecule has 1 aromatic rings. The first kappa shape index (κ1) is 23.8. The fourth-order valence-corrected chi connectivity index (χ4v) is 3.73. The SMILES string of the molecule is CCNC(=NCCCOC1CCOCC1)N1CCOC(c2cccc(C(F)(F)F)c2)C1. The zero-order chi connectivity index (χ0) is 22.1. The normalized spacial score (nSPS) is 21.4. The first-order valence-corrected chi connectivity index (χ1v) is 11.0. The van der Waals surface area contributed by atoms with Crippen LogP contribution in [0.4, 0.5) is 13.2 Å². The number of guanidine groups is 1. The molecule has 1 atom stereocenters. The molecule has 9 heteroatoms. The quantitative estimate of drug-likeness (QED) is 0.396. The van der Waals surface area contributed by atoms with Crippen molar-refractivity contribution in [1.29, 1.82) is 0 Å². The summed E-state index contributed by atoms with van der Waals surface area (Å²) in [6.45, 7) is 7.02. The Labute approximate surface area is 181 Å². The summed E-state index contributed by atoms with van der Waals surface area (Å²) in [5, 5.41) is 3.28. The van der Waals surface area contributed by atoms with E-state index in [4.69, 9.17) is 19.2 Å². The van der Waals surface area contributed by atoms with Crippen LogP contribution < -0.4 is 5.32 Å². The summed E-state index contributed by atoms with van der Waals surface area (Å²) in [5.41, 5.74) is -0.129. The Balaban J connectivity index is 1.54. The van der Waals surface area contributed by atoms with E-state index in [1.54, 1.807) is 6.07 Å². The Morgan fingerprint density at radius 2 is 2.06 bits per heavy atom. The Morgan fingerprint density at radius 3 is 2.81 bits per heavy atom. The largest absolute Gasteiger partial charge is 0.416 e. The van der Waals surface area contributed by atoms with Crippen LogP contribution >= 0.6 is 0 Å². The van der Waals surface area contributed by atoms with Crippen molar-refractivity contribution in [2.24, 2.45) is 4.99 Å². The van der Waals surface area contributed by atoms with Crippen molar-refractivity contribution in [3.05, 3.63) is 35.4 Å². The maximum absolute atomic E-state index is 13.1. The smallest absolute Gasteiger partial charge is 0.381 e. The number of alkyl halides is 3. The molecular formula is C22H32F3N3O3. The summed E-state index contributed by atoms with van der Waals surface area (Å²) in [7, 11) is 0. The molecule has 2 aliphatic rings. The van der Waals surface area contributed by atoms with Gasteiger partial charge in [0.05, 0.1) is 24.8 Å². The average Bonchev–Trinajstić information content (AvgIpc) is 2.78. The van der Waals surface area contributed by atoms with E-state index in [1.165, 1.54) is 12.1 Å².